The minimum Gasteiger partial charge on any atom is -0.491 e. The van der Waals surface area contributed by atoms with Gasteiger partial charge in [-0.1, -0.05) is 18.5 Å². The van der Waals surface area contributed by atoms with E-state index in [0.717, 1.165) is 11.0 Å². The molecule has 0 unspecified atom stereocenters. The third-order valence-electron chi connectivity index (χ3n) is 2.35. The van der Waals surface area contributed by atoms with Crippen LogP contribution in [-0.4, -0.2) is 25.6 Å². The minimum atomic E-state index is -0.0731. The van der Waals surface area contributed by atoms with Gasteiger partial charge >= 0.3 is 0 Å². The van der Waals surface area contributed by atoms with Gasteiger partial charge in [0.15, 0.2) is 5.75 Å². The van der Waals surface area contributed by atoms with Crippen molar-refractivity contribution in [1.82, 2.24) is 5.32 Å². The Balaban J connectivity index is 2.78. The van der Waals surface area contributed by atoms with E-state index in [1.165, 1.54) is 0 Å². The fraction of sp³-hybridized carbons (Fsp3) is 0.462. The summed E-state index contributed by atoms with van der Waals surface area (Å²) in [5, 5.41) is 6.46. The molecule has 1 aromatic rings. The van der Waals surface area contributed by atoms with E-state index in [1.807, 2.05) is 13.8 Å². The van der Waals surface area contributed by atoms with Crippen LogP contribution in [-0.2, 0) is 4.79 Å². The number of rotatable bonds is 7. The lowest BCUT2D eigenvalue weighted by atomic mass is 10.2. The molecule has 0 bridgehead atoms. The average molecular weight is 350 g/mol. The number of amides is 1. The maximum absolute atomic E-state index is 11.8. The monoisotopic (exact) mass is 348 g/mol. The van der Waals surface area contributed by atoms with Crippen molar-refractivity contribution < 1.29 is 9.53 Å². The number of carbonyl (C=O) groups is 1. The fourth-order valence-corrected chi connectivity index (χ4v) is 2.46. The minimum absolute atomic E-state index is 0.0731. The van der Waals surface area contributed by atoms with Gasteiger partial charge in [-0.25, -0.2) is 0 Å². The average Bonchev–Trinajstić information content (AvgIpc) is 2.34. The molecule has 0 aliphatic heterocycles. The van der Waals surface area contributed by atoms with Crippen LogP contribution in [0.1, 0.15) is 20.3 Å². The molecule has 0 radical (unpaired) electrons. The van der Waals surface area contributed by atoms with Gasteiger partial charge in [0.1, 0.15) is 0 Å². The predicted octanol–water partition coefficient (Wildman–Crippen LogP) is 3.44. The highest BCUT2D eigenvalue weighted by Crippen LogP contribution is 2.36. The van der Waals surface area contributed by atoms with E-state index in [9.17, 15) is 4.79 Å². The van der Waals surface area contributed by atoms with Gasteiger partial charge in [0.25, 0.3) is 0 Å². The summed E-state index contributed by atoms with van der Waals surface area (Å²) < 4.78 is 6.24. The van der Waals surface area contributed by atoms with Crippen molar-refractivity contribution in [3.8, 4) is 5.75 Å². The summed E-state index contributed by atoms with van der Waals surface area (Å²) in [7, 11) is 0. The van der Waals surface area contributed by atoms with E-state index >= 15 is 0 Å². The van der Waals surface area contributed by atoms with E-state index in [0.29, 0.717) is 36.0 Å². The van der Waals surface area contributed by atoms with Gasteiger partial charge in [-0.05, 0) is 41.5 Å². The van der Waals surface area contributed by atoms with Gasteiger partial charge in [0.05, 0.1) is 16.8 Å². The number of ether oxygens (including phenoxy) is 1. The van der Waals surface area contributed by atoms with Gasteiger partial charge in [0, 0.05) is 18.0 Å². The zero-order chi connectivity index (χ0) is 14.3. The highest BCUT2D eigenvalue weighted by Gasteiger charge is 2.12. The van der Waals surface area contributed by atoms with Crippen LogP contribution in [0.5, 0.6) is 5.75 Å². The molecule has 0 saturated heterocycles. The molecule has 106 valence electrons. The van der Waals surface area contributed by atoms with Crippen LogP contribution >= 0.6 is 27.5 Å². The molecule has 6 heteroatoms. The van der Waals surface area contributed by atoms with Crippen LogP contribution in [0, 0.1) is 0 Å². The number of hydrogen-bond donors (Lipinski definition) is 2. The molecule has 1 aromatic carbocycles. The number of benzene rings is 1. The van der Waals surface area contributed by atoms with Gasteiger partial charge < -0.3 is 15.4 Å². The Labute approximate surface area is 127 Å². The highest BCUT2D eigenvalue weighted by molar-refractivity contribution is 9.10. The first-order valence-corrected chi connectivity index (χ1v) is 7.38. The van der Waals surface area contributed by atoms with Crippen LogP contribution in [0.3, 0.4) is 0 Å². The smallest absolute Gasteiger partial charge is 0.225 e. The summed E-state index contributed by atoms with van der Waals surface area (Å²) in [6.45, 7) is 5.89. The van der Waals surface area contributed by atoms with E-state index in [4.69, 9.17) is 16.3 Å². The summed E-state index contributed by atoms with van der Waals surface area (Å²) in [4.78, 5) is 11.8. The third-order valence-corrected chi connectivity index (χ3v) is 3.16. The van der Waals surface area contributed by atoms with Crippen molar-refractivity contribution in [3.63, 3.8) is 0 Å². The Morgan fingerprint density at radius 1 is 1.42 bits per heavy atom. The molecule has 2 N–H and O–H groups in total. The van der Waals surface area contributed by atoms with Crippen LogP contribution in [0.4, 0.5) is 5.69 Å². The van der Waals surface area contributed by atoms with E-state index in [-0.39, 0.29) is 5.91 Å². The van der Waals surface area contributed by atoms with Crippen molar-refractivity contribution in [1.29, 1.82) is 0 Å². The maximum Gasteiger partial charge on any atom is 0.225 e. The lowest BCUT2D eigenvalue weighted by molar-refractivity contribution is -0.116. The standard InChI is InChI=1S/C13H18BrClN2O2/c1-3-16-6-5-12(18)17-11-8-9(15)7-10(14)13(11)19-4-2/h7-8,16H,3-6H2,1-2H3,(H,17,18). The largest absolute Gasteiger partial charge is 0.491 e. The Bertz CT molecular complexity index is 441. The number of nitrogens with one attached hydrogen (secondary N) is 2. The van der Waals surface area contributed by atoms with Crippen molar-refractivity contribution in [2.75, 3.05) is 25.0 Å². The quantitative estimate of drug-likeness (QED) is 0.741. The Kier molecular flexibility index (Phi) is 7.20. The molecule has 1 amide bonds. The molecule has 0 aromatic heterocycles. The lowest BCUT2D eigenvalue weighted by Crippen LogP contribution is -2.21. The molecular weight excluding hydrogens is 332 g/mol. The molecule has 1 rings (SSSR count). The molecule has 0 fully saturated rings. The van der Waals surface area contributed by atoms with Crippen LogP contribution < -0.4 is 15.4 Å². The molecule has 0 spiro atoms. The van der Waals surface area contributed by atoms with E-state index in [1.54, 1.807) is 12.1 Å². The predicted molar refractivity (Wildman–Crippen MR) is 82.1 cm³/mol. The molecule has 0 saturated carbocycles. The normalized spacial score (nSPS) is 10.3. The van der Waals surface area contributed by atoms with Gasteiger partial charge in [-0.15, -0.1) is 0 Å². The van der Waals surface area contributed by atoms with Crippen molar-refractivity contribution in [2.45, 2.75) is 20.3 Å². The van der Waals surface area contributed by atoms with E-state index in [2.05, 4.69) is 26.6 Å². The van der Waals surface area contributed by atoms with Crippen LogP contribution in [0.25, 0.3) is 0 Å². The summed E-state index contributed by atoms with van der Waals surface area (Å²) in [5.41, 5.74) is 0.586. The maximum atomic E-state index is 11.8. The SMILES string of the molecule is CCNCCC(=O)Nc1cc(Cl)cc(Br)c1OCC. The molecule has 0 aliphatic rings. The molecular formula is C13H18BrClN2O2. The zero-order valence-electron chi connectivity index (χ0n) is 11.1. The first-order valence-electron chi connectivity index (χ1n) is 6.20. The molecule has 19 heavy (non-hydrogen) atoms. The highest BCUT2D eigenvalue weighted by atomic mass is 79.9. The van der Waals surface area contributed by atoms with Crippen molar-refractivity contribution in [2.24, 2.45) is 0 Å². The second-order valence-electron chi connectivity index (χ2n) is 3.85. The Morgan fingerprint density at radius 3 is 2.79 bits per heavy atom. The molecule has 4 nitrogen and oxygen atoms in total. The topological polar surface area (TPSA) is 50.4 Å². The molecule has 0 atom stereocenters. The second-order valence-corrected chi connectivity index (χ2v) is 5.14. The molecule has 0 aliphatic carbocycles. The van der Waals surface area contributed by atoms with Crippen molar-refractivity contribution in [3.05, 3.63) is 21.6 Å². The number of halogens is 2. The number of hydrogen-bond acceptors (Lipinski definition) is 3. The second kappa shape index (κ2) is 8.40. The Hall–Kier alpha value is -0.780. The first-order chi connectivity index (χ1) is 9.08. The van der Waals surface area contributed by atoms with Crippen LogP contribution in [0.2, 0.25) is 5.02 Å². The number of anilines is 1. The zero-order valence-corrected chi connectivity index (χ0v) is 13.4. The Morgan fingerprint density at radius 2 is 2.16 bits per heavy atom. The first kappa shape index (κ1) is 16.3. The summed E-state index contributed by atoms with van der Waals surface area (Å²) >= 11 is 9.36. The van der Waals surface area contributed by atoms with Gasteiger partial charge in [-0.2, -0.15) is 0 Å². The van der Waals surface area contributed by atoms with Crippen LogP contribution in [0.15, 0.2) is 16.6 Å². The molecule has 0 heterocycles. The summed E-state index contributed by atoms with van der Waals surface area (Å²) in [5.74, 6) is 0.528. The summed E-state index contributed by atoms with van der Waals surface area (Å²) in [6, 6.07) is 3.42. The number of carbonyl (C=O) groups excluding carboxylic acids is 1. The van der Waals surface area contributed by atoms with Gasteiger partial charge in [0.2, 0.25) is 5.91 Å². The third kappa shape index (κ3) is 5.38. The van der Waals surface area contributed by atoms with Crippen molar-refractivity contribution >= 4 is 39.1 Å². The lowest BCUT2D eigenvalue weighted by Gasteiger charge is -2.14. The van der Waals surface area contributed by atoms with Gasteiger partial charge in [-0.3, -0.25) is 4.79 Å². The van der Waals surface area contributed by atoms with E-state index < -0.39 is 0 Å². The fourth-order valence-electron chi connectivity index (χ4n) is 1.54. The summed E-state index contributed by atoms with van der Waals surface area (Å²) in [6.07, 6.45) is 0.406.